The third kappa shape index (κ3) is 6.96. The molecule has 0 saturated heterocycles. The van der Waals surface area contributed by atoms with E-state index in [1.165, 1.54) is 38.8 Å². The second kappa shape index (κ2) is 15.5. The Morgan fingerprint density at radius 3 is 1.18 bits per heavy atom. The Bertz CT molecular complexity index is 3300. The molecule has 61 heavy (non-hydrogen) atoms. The van der Waals surface area contributed by atoms with Gasteiger partial charge in [-0.25, -0.2) is 15.0 Å². The fraction of sp³-hybridized carbons (Fsp3) is 0. The van der Waals surface area contributed by atoms with Crippen LogP contribution in [0.1, 0.15) is 0 Å². The Morgan fingerprint density at radius 2 is 0.607 bits per heavy atom. The van der Waals surface area contributed by atoms with Crippen molar-refractivity contribution in [3.8, 4) is 84.4 Å². The van der Waals surface area contributed by atoms with Crippen molar-refractivity contribution in [2.24, 2.45) is 0 Å². The van der Waals surface area contributed by atoms with Crippen molar-refractivity contribution in [3.63, 3.8) is 0 Å². The van der Waals surface area contributed by atoms with Gasteiger partial charge in [0, 0.05) is 33.2 Å². The summed E-state index contributed by atoms with van der Waals surface area (Å²) in [6, 6.07) is 81.3. The molecule has 0 fully saturated rings. The van der Waals surface area contributed by atoms with Crippen molar-refractivity contribution in [2.75, 3.05) is 0 Å². The Labute approximate surface area is 354 Å². The Kier molecular flexibility index (Phi) is 9.14. The third-order valence-electron chi connectivity index (χ3n) is 11.5. The Morgan fingerprint density at radius 1 is 0.230 bits per heavy atom. The van der Waals surface area contributed by atoms with Crippen LogP contribution in [0.3, 0.4) is 0 Å². The van der Waals surface area contributed by atoms with Gasteiger partial charge in [-0.1, -0.05) is 194 Å². The fourth-order valence-electron chi connectivity index (χ4n) is 8.35. The number of hydrogen-bond acceptors (Lipinski definition) is 3. The van der Waals surface area contributed by atoms with Crippen LogP contribution in [0.15, 0.2) is 231 Å². The predicted octanol–water partition coefficient (Wildman–Crippen LogP) is 14.6. The summed E-state index contributed by atoms with van der Waals surface area (Å²) in [5.74, 6) is 1.88. The van der Waals surface area contributed by atoms with Crippen LogP contribution in [0.4, 0.5) is 0 Å². The minimum atomic E-state index is 0.619. The van der Waals surface area contributed by atoms with Crippen molar-refractivity contribution in [2.45, 2.75) is 0 Å². The molecule has 0 saturated carbocycles. The molecule has 0 aliphatic carbocycles. The molecule has 0 unspecified atom stereocenters. The molecule has 0 N–H and O–H groups in total. The number of fused-ring (bicyclic) bond motifs is 3. The zero-order chi connectivity index (χ0) is 40.5. The molecule has 2 aromatic heterocycles. The molecular formula is C57H38N4. The highest BCUT2D eigenvalue weighted by atomic mass is 15.0. The number of rotatable bonds is 8. The molecule has 11 aromatic rings. The van der Waals surface area contributed by atoms with Crippen LogP contribution >= 0.6 is 0 Å². The van der Waals surface area contributed by atoms with Crippen LogP contribution in [0.5, 0.6) is 0 Å². The standard InChI is InChI=1S/C57H38N4/c1-5-14-39(15-6-1)42-24-26-45(27-25-42)56-58-55(44-20-11-4-12-21-44)59-57(60-56)49-30-34-51-52-37-48(41-18-9-3-10-19-41)31-35-53(52)61(54(51)38-49)50-32-28-43(29-33-50)47-23-13-22-46(36-47)40-16-7-2-8-17-40/h1-38H. The SMILES string of the molecule is c1ccc(-c2ccc(-c3nc(-c4ccccc4)nc(-c4ccc5c6cc(-c7ccccc7)ccc6n(-c6ccc(-c7cccc(-c8ccccc8)c7)cc6)c5c4)n3)cc2)cc1. The summed E-state index contributed by atoms with van der Waals surface area (Å²) in [6.07, 6.45) is 0. The fourth-order valence-corrected chi connectivity index (χ4v) is 8.35. The summed E-state index contributed by atoms with van der Waals surface area (Å²) in [5, 5.41) is 2.34. The van der Waals surface area contributed by atoms with Crippen LogP contribution < -0.4 is 0 Å². The molecular weight excluding hydrogens is 741 g/mol. The third-order valence-corrected chi connectivity index (χ3v) is 11.5. The Hall–Kier alpha value is -8.21. The van der Waals surface area contributed by atoms with Gasteiger partial charge >= 0.3 is 0 Å². The molecule has 0 aliphatic heterocycles. The van der Waals surface area contributed by atoms with Gasteiger partial charge in [0.25, 0.3) is 0 Å². The van der Waals surface area contributed by atoms with E-state index in [0.29, 0.717) is 17.5 Å². The van der Waals surface area contributed by atoms with Crippen molar-refractivity contribution >= 4 is 21.8 Å². The lowest BCUT2D eigenvalue weighted by Gasteiger charge is -2.12. The van der Waals surface area contributed by atoms with Crippen LogP contribution in [-0.2, 0) is 0 Å². The van der Waals surface area contributed by atoms with Crippen molar-refractivity contribution in [3.05, 3.63) is 231 Å². The number of benzene rings is 9. The molecule has 0 atom stereocenters. The van der Waals surface area contributed by atoms with Crippen LogP contribution in [0, 0.1) is 0 Å². The van der Waals surface area contributed by atoms with E-state index in [-0.39, 0.29) is 0 Å². The van der Waals surface area contributed by atoms with Crippen LogP contribution in [0.25, 0.3) is 106 Å². The average molecular weight is 779 g/mol. The number of hydrogen-bond donors (Lipinski definition) is 0. The summed E-state index contributed by atoms with van der Waals surface area (Å²) in [7, 11) is 0. The minimum absolute atomic E-state index is 0.619. The lowest BCUT2D eigenvalue weighted by Crippen LogP contribution is -2.00. The molecule has 0 amide bonds. The van der Waals surface area contributed by atoms with E-state index in [1.807, 2.05) is 36.4 Å². The molecule has 0 bridgehead atoms. The maximum atomic E-state index is 5.16. The Balaban J connectivity index is 1.05. The zero-order valence-electron chi connectivity index (χ0n) is 33.2. The second-order valence-electron chi connectivity index (χ2n) is 15.3. The zero-order valence-corrected chi connectivity index (χ0v) is 33.2. The van der Waals surface area contributed by atoms with Gasteiger partial charge in [-0.15, -0.1) is 0 Å². The highest BCUT2D eigenvalue weighted by Gasteiger charge is 2.18. The maximum absolute atomic E-state index is 5.16. The molecule has 286 valence electrons. The number of nitrogens with zero attached hydrogens (tertiary/aromatic N) is 4. The van der Waals surface area contributed by atoms with E-state index in [1.54, 1.807) is 0 Å². The summed E-state index contributed by atoms with van der Waals surface area (Å²) in [5.41, 5.74) is 15.5. The quantitative estimate of drug-likeness (QED) is 0.154. The van der Waals surface area contributed by atoms with Gasteiger partial charge in [0.05, 0.1) is 11.0 Å². The van der Waals surface area contributed by atoms with Gasteiger partial charge < -0.3 is 4.57 Å². The van der Waals surface area contributed by atoms with Crippen molar-refractivity contribution in [1.29, 1.82) is 0 Å². The first-order valence-corrected chi connectivity index (χ1v) is 20.6. The first-order valence-electron chi connectivity index (χ1n) is 20.6. The molecule has 9 aromatic carbocycles. The van der Waals surface area contributed by atoms with Gasteiger partial charge in [-0.05, 0) is 80.9 Å². The van der Waals surface area contributed by atoms with Crippen molar-refractivity contribution in [1.82, 2.24) is 19.5 Å². The summed E-state index contributed by atoms with van der Waals surface area (Å²) < 4.78 is 2.37. The van der Waals surface area contributed by atoms with E-state index in [0.717, 1.165) is 49.9 Å². The van der Waals surface area contributed by atoms with Gasteiger partial charge in [0.1, 0.15) is 0 Å². The number of aromatic nitrogens is 4. The van der Waals surface area contributed by atoms with Crippen LogP contribution in [0.2, 0.25) is 0 Å². The van der Waals surface area contributed by atoms with E-state index >= 15 is 0 Å². The minimum Gasteiger partial charge on any atom is -0.309 e. The largest absolute Gasteiger partial charge is 0.309 e. The topological polar surface area (TPSA) is 43.6 Å². The summed E-state index contributed by atoms with van der Waals surface area (Å²) >= 11 is 0. The second-order valence-corrected chi connectivity index (χ2v) is 15.3. The first-order chi connectivity index (χ1) is 30.2. The maximum Gasteiger partial charge on any atom is 0.164 e. The van der Waals surface area contributed by atoms with E-state index in [2.05, 4.69) is 199 Å². The van der Waals surface area contributed by atoms with Gasteiger partial charge in [-0.2, -0.15) is 0 Å². The highest BCUT2D eigenvalue weighted by Crippen LogP contribution is 2.38. The van der Waals surface area contributed by atoms with Gasteiger partial charge in [0.2, 0.25) is 0 Å². The van der Waals surface area contributed by atoms with Crippen LogP contribution in [-0.4, -0.2) is 19.5 Å². The van der Waals surface area contributed by atoms with E-state index in [4.69, 9.17) is 15.0 Å². The molecule has 0 spiro atoms. The van der Waals surface area contributed by atoms with E-state index < -0.39 is 0 Å². The molecule has 11 rings (SSSR count). The molecule has 4 heteroatoms. The molecule has 0 radical (unpaired) electrons. The molecule has 2 heterocycles. The lowest BCUT2D eigenvalue weighted by atomic mass is 9.99. The summed E-state index contributed by atoms with van der Waals surface area (Å²) in [4.78, 5) is 15.3. The smallest absolute Gasteiger partial charge is 0.164 e. The lowest BCUT2D eigenvalue weighted by molar-refractivity contribution is 1.07. The highest BCUT2D eigenvalue weighted by molar-refractivity contribution is 6.11. The normalized spacial score (nSPS) is 11.3. The monoisotopic (exact) mass is 778 g/mol. The summed E-state index contributed by atoms with van der Waals surface area (Å²) in [6.45, 7) is 0. The molecule has 0 aliphatic rings. The van der Waals surface area contributed by atoms with Gasteiger partial charge in [0.15, 0.2) is 17.5 Å². The first kappa shape index (κ1) is 35.9. The van der Waals surface area contributed by atoms with E-state index in [9.17, 15) is 0 Å². The predicted molar refractivity (Wildman–Crippen MR) is 252 cm³/mol. The van der Waals surface area contributed by atoms with Crippen molar-refractivity contribution < 1.29 is 0 Å². The van der Waals surface area contributed by atoms with Gasteiger partial charge in [-0.3, -0.25) is 0 Å². The molecule has 4 nitrogen and oxygen atoms in total. The average Bonchev–Trinajstić information content (AvgIpc) is 3.68.